The number of piperidine rings is 1. The van der Waals surface area contributed by atoms with Gasteiger partial charge < -0.3 is 15.1 Å². The third-order valence-corrected chi connectivity index (χ3v) is 5.95. The van der Waals surface area contributed by atoms with Gasteiger partial charge in [0.15, 0.2) is 0 Å². The Morgan fingerprint density at radius 1 is 1.39 bits per heavy atom. The van der Waals surface area contributed by atoms with E-state index in [1.165, 1.54) is 19.2 Å². The zero-order valence-corrected chi connectivity index (χ0v) is 13.7. The van der Waals surface area contributed by atoms with Crippen molar-refractivity contribution in [1.29, 1.82) is 0 Å². The normalized spacial score (nSPS) is 24.6. The minimum Gasteiger partial charge on any atom is -0.367 e. The van der Waals surface area contributed by atoms with Gasteiger partial charge in [0.1, 0.15) is 5.82 Å². The highest BCUT2D eigenvalue weighted by atomic mass is 32.2. The van der Waals surface area contributed by atoms with Crippen LogP contribution in [0.3, 0.4) is 0 Å². The van der Waals surface area contributed by atoms with Crippen LogP contribution in [0.4, 0.5) is 14.9 Å². The predicted octanol–water partition coefficient (Wildman–Crippen LogP) is 0.336. The second-order valence-corrected chi connectivity index (χ2v) is 7.68. The number of halogens is 1. The van der Waals surface area contributed by atoms with Gasteiger partial charge in [0.25, 0.3) is 0 Å². The van der Waals surface area contributed by atoms with Crippen molar-refractivity contribution in [3.05, 3.63) is 24.0 Å². The maximum Gasteiger partial charge on any atom is 0.317 e. The highest BCUT2D eigenvalue weighted by Crippen LogP contribution is 2.28. The third-order valence-electron chi connectivity index (χ3n) is 4.54. The zero-order chi connectivity index (χ0) is 16.8. The molecule has 126 valence electrons. The largest absolute Gasteiger partial charge is 0.367 e. The molecule has 2 aliphatic rings. The standard InChI is InChI=1S/C14H19FN4O3S/c1-16-23(21,22)9-3-4-12(10(15)7-9)19-6-5-13-11(8-19)17-14(20)18(13)2/h3-4,7,11,13,16H,5-6,8H2,1-2H3,(H,17,20)/t11-,13+/m1/s1. The van der Waals surface area contributed by atoms with Crippen LogP contribution in [0.1, 0.15) is 6.42 Å². The van der Waals surface area contributed by atoms with Crippen LogP contribution in [0.25, 0.3) is 0 Å². The number of carbonyl (C=O) groups is 1. The summed E-state index contributed by atoms with van der Waals surface area (Å²) in [5.41, 5.74) is 0.349. The molecule has 0 aliphatic carbocycles. The molecule has 2 N–H and O–H groups in total. The van der Waals surface area contributed by atoms with Gasteiger partial charge in [-0.1, -0.05) is 0 Å². The molecule has 7 nitrogen and oxygen atoms in total. The number of nitrogens with one attached hydrogen (secondary N) is 2. The van der Waals surface area contributed by atoms with Gasteiger partial charge in [0.05, 0.1) is 22.7 Å². The second kappa shape index (κ2) is 5.64. The molecular weight excluding hydrogens is 323 g/mol. The molecule has 0 radical (unpaired) electrons. The number of benzene rings is 1. The van der Waals surface area contributed by atoms with E-state index in [0.717, 1.165) is 12.5 Å². The summed E-state index contributed by atoms with van der Waals surface area (Å²) >= 11 is 0. The summed E-state index contributed by atoms with van der Waals surface area (Å²) in [6, 6.07) is 3.83. The van der Waals surface area contributed by atoms with E-state index < -0.39 is 15.8 Å². The Labute approximate surface area is 134 Å². The van der Waals surface area contributed by atoms with Gasteiger partial charge >= 0.3 is 6.03 Å². The van der Waals surface area contributed by atoms with E-state index in [4.69, 9.17) is 0 Å². The third kappa shape index (κ3) is 2.74. The molecule has 0 bridgehead atoms. The van der Waals surface area contributed by atoms with E-state index in [1.807, 2.05) is 4.90 Å². The minimum absolute atomic E-state index is 0.0543. The lowest BCUT2D eigenvalue weighted by Gasteiger charge is -2.37. The number of urea groups is 1. The summed E-state index contributed by atoms with van der Waals surface area (Å²) in [6.45, 7) is 1.10. The molecule has 2 fully saturated rings. The maximum absolute atomic E-state index is 14.4. The number of anilines is 1. The molecule has 2 aliphatic heterocycles. The molecule has 0 unspecified atom stereocenters. The molecule has 0 aromatic heterocycles. The summed E-state index contributed by atoms with van der Waals surface area (Å²) in [5.74, 6) is -0.586. The molecule has 23 heavy (non-hydrogen) atoms. The highest BCUT2D eigenvalue weighted by molar-refractivity contribution is 7.89. The van der Waals surface area contributed by atoms with Crippen molar-refractivity contribution >= 4 is 21.7 Å². The van der Waals surface area contributed by atoms with Crippen LogP contribution in [-0.2, 0) is 10.0 Å². The summed E-state index contributed by atoms with van der Waals surface area (Å²) in [5, 5.41) is 2.89. The number of hydrogen-bond acceptors (Lipinski definition) is 4. The van der Waals surface area contributed by atoms with Crippen molar-refractivity contribution in [1.82, 2.24) is 14.9 Å². The zero-order valence-electron chi connectivity index (χ0n) is 12.9. The summed E-state index contributed by atoms with van der Waals surface area (Å²) in [6.07, 6.45) is 0.732. The number of fused-ring (bicyclic) bond motifs is 1. The molecule has 2 saturated heterocycles. The van der Waals surface area contributed by atoms with Crippen LogP contribution >= 0.6 is 0 Å². The van der Waals surface area contributed by atoms with E-state index in [0.29, 0.717) is 18.8 Å². The quantitative estimate of drug-likeness (QED) is 0.830. The molecule has 2 heterocycles. The average molecular weight is 342 g/mol. The van der Waals surface area contributed by atoms with Crippen LogP contribution in [0, 0.1) is 5.82 Å². The van der Waals surface area contributed by atoms with Gasteiger partial charge in [-0.05, 0) is 31.7 Å². The van der Waals surface area contributed by atoms with Gasteiger partial charge in [0.2, 0.25) is 10.0 Å². The molecule has 1 aromatic carbocycles. The lowest BCUT2D eigenvalue weighted by molar-refractivity contribution is 0.212. The molecule has 0 saturated carbocycles. The van der Waals surface area contributed by atoms with Crippen LogP contribution in [0.15, 0.2) is 23.1 Å². The lowest BCUT2D eigenvalue weighted by atomic mass is 9.99. The Bertz CT molecular complexity index is 740. The van der Waals surface area contributed by atoms with Gasteiger partial charge in [-0.15, -0.1) is 0 Å². The summed E-state index contributed by atoms with van der Waals surface area (Å²) in [4.78, 5) is 15.1. The SMILES string of the molecule is CNS(=O)(=O)c1ccc(N2CC[C@H]3[C@@H](C2)NC(=O)N3C)c(F)c1. The van der Waals surface area contributed by atoms with Crippen molar-refractivity contribution in [3.8, 4) is 0 Å². The van der Waals surface area contributed by atoms with Gasteiger partial charge in [-0.25, -0.2) is 22.3 Å². The molecule has 3 rings (SSSR count). The number of hydrogen-bond donors (Lipinski definition) is 2. The summed E-state index contributed by atoms with van der Waals surface area (Å²) < 4.78 is 40.0. The molecular formula is C14H19FN4O3S. The first kappa shape index (κ1) is 16.0. The molecule has 2 amide bonds. The molecule has 0 spiro atoms. The maximum atomic E-state index is 14.4. The molecule has 9 heteroatoms. The number of amides is 2. The lowest BCUT2D eigenvalue weighted by Crippen LogP contribution is -2.51. The average Bonchev–Trinajstić information content (AvgIpc) is 2.81. The second-order valence-electron chi connectivity index (χ2n) is 5.79. The Balaban J connectivity index is 1.82. The van der Waals surface area contributed by atoms with Crippen molar-refractivity contribution in [2.75, 3.05) is 32.1 Å². The fraction of sp³-hybridized carbons (Fsp3) is 0.500. The smallest absolute Gasteiger partial charge is 0.317 e. The predicted molar refractivity (Wildman–Crippen MR) is 83.3 cm³/mol. The van der Waals surface area contributed by atoms with E-state index in [9.17, 15) is 17.6 Å². The van der Waals surface area contributed by atoms with Gasteiger partial charge in [-0.2, -0.15) is 0 Å². The Morgan fingerprint density at radius 2 is 2.13 bits per heavy atom. The van der Waals surface area contributed by atoms with Crippen molar-refractivity contribution < 1.29 is 17.6 Å². The van der Waals surface area contributed by atoms with Crippen LogP contribution in [0.2, 0.25) is 0 Å². The van der Waals surface area contributed by atoms with E-state index in [1.54, 1.807) is 11.9 Å². The van der Waals surface area contributed by atoms with Crippen LogP contribution < -0.4 is 14.9 Å². The summed E-state index contributed by atoms with van der Waals surface area (Å²) in [7, 11) is -0.629. The fourth-order valence-corrected chi connectivity index (χ4v) is 3.95. The van der Waals surface area contributed by atoms with Crippen molar-refractivity contribution in [3.63, 3.8) is 0 Å². The minimum atomic E-state index is -3.67. The number of likely N-dealkylation sites (N-methyl/N-ethyl adjacent to an activating group) is 1. The van der Waals surface area contributed by atoms with Gasteiger partial charge in [0, 0.05) is 20.1 Å². The molecule has 1 aromatic rings. The number of carbonyl (C=O) groups excluding carboxylic acids is 1. The first-order chi connectivity index (χ1) is 10.8. The first-order valence-electron chi connectivity index (χ1n) is 7.35. The number of nitrogens with zero attached hydrogens (tertiary/aromatic N) is 2. The number of rotatable bonds is 3. The van der Waals surface area contributed by atoms with E-state index >= 15 is 0 Å². The van der Waals surface area contributed by atoms with Gasteiger partial charge in [-0.3, -0.25) is 0 Å². The highest BCUT2D eigenvalue weighted by Gasteiger charge is 2.41. The van der Waals surface area contributed by atoms with Crippen LogP contribution in [0.5, 0.6) is 0 Å². The Kier molecular flexibility index (Phi) is 3.93. The van der Waals surface area contributed by atoms with Crippen LogP contribution in [-0.4, -0.2) is 58.6 Å². The topological polar surface area (TPSA) is 81.8 Å². The first-order valence-corrected chi connectivity index (χ1v) is 8.83. The monoisotopic (exact) mass is 342 g/mol. The van der Waals surface area contributed by atoms with E-state index in [-0.39, 0.29) is 23.0 Å². The molecule has 2 atom stereocenters. The number of sulfonamides is 1. The Hall–Kier alpha value is -1.87. The Morgan fingerprint density at radius 3 is 2.78 bits per heavy atom. The van der Waals surface area contributed by atoms with E-state index in [2.05, 4.69) is 10.0 Å². The fourth-order valence-electron chi connectivity index (χ4n) is 3.20. The van der Waals surface area contributed by atoms with Crippen molar-refractivity contribution in [2.45, 2.75) is 23.4 Å². The van der Waals surface area contributed by atoms with Crippen molar-refractivity contribution in [2.24, 2.45) is 0 Å².